The highest BCUT2D eigenvalue weighted by Gasteiger charge is 2.43. The van der Waals surface area contributed by atoms with Crippen LogP contribution in [0.3, 0.4) is 0 Å². The molecule has 182 valence electrons. The summed E-state index contributed by atoms with van der Waals surface area (Å²) in [5, 5.41) is 9.53. The Labute approximate surface area is 200 Å². The van der Waals surface area contributed by atoms with Gasteiger partial charge in [0.15, 0.2) is 0 Å². The summed E-state index contributed by atoms with van der Waals surface area (Å²) in [4.78, 5) is 29.2. The fourth-order valence-corrected chi connectivity index (χ4v) is 4.75. The summed E-state index contributed by atoms with van der Waals surface area (Å²) in [7, 11) is 4.05. The van der Waals surface area contributed by atoms with Crippen molar-refractivity contribution in [3.8, 4) is 0 Å². The number of hydrogen-bond acceptors (Lipinski definition) is 5. The predicted octanol–water partition coefficient (Wildman–Crippen LogP) is 2.02. The minimum absolute atomic E-state index is 0.0344. The maximum Gasteiger partial charge on any atom is 0.237 e. The highest BCUT2D eigenvalue weighted by Crippen LogP contribution is 2.26. The molecule has 34 heavy (non-hydrogen) atoms. The quantitative estimate of drug-likeness (QED) is 0.526. The van der Waals surface area contributed by atoms with E-state index in [1.165, 1.54) is 23.4 Å². The van der Waals surface area contributed by atoms with Crippen LogP contribution in [0.5, 0.6) is 0 Å². The van der Waals surface area contributed by atoms with Crippen molar-refractivity contribution in [2.75, 3.05) is 32.1 Å². The minimum atomic E-state index is -0.287. The number of carbonyl (C=O) groups excluding carboxylic acids is 2. The number of nitrogens with one attached hydrogen (secondary N) is 3. The third-order valence-corrected chi connectivity index (χ3v) is 6.78. The van der Waals surface area contributed by atoms with Crippen LogP contribution < -0.4 is 20.9 Å². The lowest BCUT2D eigenvalue weighted by Gasteiger charge is -2.37. The van der Waals surface area contributed by atoms with Gasteiger partial charge in [0.1, 0.15) is 5.82 Å². The first-order valence-corrected chi connectivity index (χ1v) is 11.9. The van der Waals surface area contributed by atoms with Crippen molar-refractivity contribution in [2.45, 2.75) is 50.5 Å². The van der Waals surface area contributed by atoms with E-state index in [0.717, 1.165) is 25.1 Å². The van der Waals surface area contributed by atoms with Crippen LogP contribution in [0.4, 0.5) is 10.1 Å². The number of rotatable bonds is 9. The maximum absolute atomic E-state index is 13.0. The normalized spacial score (nSPS) is 22.2. The maximum atomic E-state index is 13.0. The SMILES string of the molecule is CN(C)c1ccc(CN[C@H]2C[C@H]3C(=O)NC[C@@H](CCC(=O)NCc4ccc(F)cc4)N3C2)cc1. The van der Waals surface area contributed by atoms with Crippen molar-refractivity contribution in [1.82, 2.24) is 20.9 Å². The molecule has 2 heterocycles. The number of amides is 2. The summed E-state index contributed by atoms with van der Waals surface area (Å²) in [6.45, 7) is 2.51. The van der Waals surface area contributed by atoms with Gasteiger partial charge in [0.05, 0.1) is 6.04 Å². The Morgan fingerprint density at radius 1 is 1.09 bits per heavy atom. The molecule has 2 saturated heterocycles. The zero-order valence-corrected chi connectivity index (χ0v) is 19.9. The third-order valence-electron chi connectivity index (χ3n) is 6.78. The largest absolute Gasteiger partial charge is 0.378 e. The van der Waals surface area contributed by atoms with Crippen LogP contribution in [-0.2, 0) is 22.7 Å². The van der Waals surface area contributed by atoms with Crippen LogP contribution in [-0.4, -0.2) is 62.0 Å². The fourth-order valence-electron chi connectivity index (χ4n) is 4.75. The van der Waals surface area contributed by atoms with Gasteiger partial charge in [-0.05, 0) is 48.2 Å². The van der Waals surface area contributed by atoms with E-state index in [2.05, 4.69) is 50.0 Å². The Balaban J connectivity index is 1.25. The number of hydrogen-bond donors (Lipinski definition) is 3. The molecule has 2 aromatic carbocycles. The van der Waals surface area contributed by atoms with Crippen molar-refractivity contribution in [1.29, 1.82) is 0 Å². The Bertz CT molecular complexity index is 980. The van der Waals surface area contributed by atoms with Crippen LogP contribution in [0.15, 0.2) is 48.5 Å². The average molecular weight is 468 g/mol. The first-order chi connectivity index (χ1) is 16.4. The van der Waals surface area contributed by atoms with Gasteiger partial charge in [-0.15, -0.1) is 0 Å². The molecule has 8 heteroatoms. The standard InChI is InChI=1S/C26H34FN5O2/c1-31(2)22-9-5-19(6-10-22)14-28-21-13-24-26(34)30-16-23(32(24)17-21)11-12-25(33)29-15-18-3-7-20(27)8-4-18/h3-10,21,23-24,28H,11-17H2,1-2H3,(H,29,33)(H,30,34)/t21-,23+,24-/m0/s1. The van der Waals surface area contributed by atoms with E-state index < -0.39 is 0 Å². The van der Waals surface area contributed by atoms with Crippen LogP contribution in [0, 0.1) is 5.82 Å². The molecule has 0 aromatic heterocycles. The topological polar surface area (TPSA) is 76.7 Å². The second kappa shape index (κ2) is 11.0. The van der Waals surface area contributed by atoms with Crippen molar-refractivity contribution in [3.05, 3.63) is 65.5 Å². The minimum Gasteiger partial charge on any atom is -0.378 e. The van der Waals surface area contributed by atoms with Crippen LogP contribution >= 0.6 is 0 Å². The van der Waals surface area contributed by atoms with Gasteiger partial charge in [-0.1, -0.05) is 24.3 Å². The monoisotopic (exact) mass is 467 g/mol. The van der Waals surface area contributed by atoms with E-state index in [1.54, 1.807) is 12.1 Å². The summed E-state index contributed by atoms with van der Waals surface area (Å²) >= 11 is 0. The van der Waals surface area contributed by atoms with Crippen molar-refractivity contribution < 1.29 is 14.0 Å². The highest BCUT2D eigenvalue weighted by atomic mass is 19.1. The van der Waals surface area contributed by atoms with Crippen molar-refractivity contribution in [3.63, 3.8) is 0 Å². The molecular weight excluding hydrogens is 433 g/mol. The van der Waals surface area contributed by atoms with E-state index >= 15 is 0 Å². The molecular formula is C26H34FN5O2. The Hall–Kier alpha value is -2.97. The summed E-state index contributed by atoms with van der Waals surface area (Å²) in [6, 6.07) is 14.8. The zero-order valence-electron chi connectivity index (χ0n) is 19.9. The predicted molar refractivity (Wildman–Crippen MR) is 131 cm³/mol. The number of nitrogens with zero attached hydrogens (tertiary/aromatic N) is 2. The van der Waals surface area contributed by atoms with Crippen LogP contribution in [0.2, 0.25) is 0 Å². The van der Waals surface area contributed by atoms with Gasteiger partial charge in [0.2, 0.25) is 11.8 Å². The van der Waals surface area contributed by atoms with Gasteiger partial charge in [-0.3, -0.25) is 14.5 Å². The lowest BCUT2D eigenvalue weighted by atomic mass is 10.0. The van der Waals surface area contributed by atoms with Crippen molar-refractivity contribution >= 4 is 17.5 Å². The van der Waals surface area contributed by atoms with E-state index in [0.29, 0.717) is 25.9 Å². The molecule has 0 bridgehead atoms. The Kier molecular flexibility index (Phi) is 7.80. The number of anilines is 1. The number of halogens is 1. The molecule has 0 unspecified atom stereocenters. The molecule has 2 aliphatic rings. The van der Waals surface area contributed by atoms with E-state index in [4.69, 9.17) is 0 Å². The molecule has 3 N–H and O–H groups in total. The van der Waals surface area contributed by atoms with E-state index in [-0.39, 0.29) is 35.8 Å². The lowest BCUT2D eigenvalue weighted by Crippen LogP contribution is -2.58. The lowest BCUT2D eigenvalue weighted by molar-refractivity contribution is -0.129. The first kappa shape index (κ1) is 24.2. The summed E-state index contributed by atoms with van der Waals surface area (Å²) in [5.41, 5.74) is 3.25. The average Bonchev–Trinajstić information content (AvgIpc) is 3.27. The van der Waals surface area contributed by atoms with Crippen molar-refractivity contribution in [2.24, 2.45) is 0 Å². The van der Waals surface area contributed by atoms with Gasteiger partial charge in [-0.25, -0.2) is 4.39 Å². The molecule has 4 rings (SSSR count). The van der Waals surface area contributed by atoms with Gasteiger partial charge in [0.25, 0.3) is 0 Å². The molecule has 2 fully saturated rings. The fraction of sp³-hybridized carbons (Fsp3) is 0.462. The van der Waals surface area contributed by atoms with Gasteiger partial charge < -0.3 is 20.9 Å². The van der Waals surface area contributed by atoms with Crippen LogP contribution in [0.25, 0.3) is 0 Å². The highest BCUT2D eigenvalue weighted by molar-refractivity contribution is 5.83. The number of carbonyl (C=O) groups is 2. The molecule has 2 aliphatic heterocycles. The molecule has 3 atom stereocenters. The Morgan fingerprint density at radius 2 is 1.76 bits per heavy atom. The second-order valence-electron chi connectivity index (χ2n) is 9.43. The smallest absolute Gasteiger partial charge is 0.237 e. The van der Waals surface area contributed by atoms with Gasteiger partial charge in [-0.2, -0.15) is 0 Å². The molecule has 0 aliphatic carbocycles. The number of fused-ring (bicyclic) bond motifs is 1. The first-order valence-electron chi connectivity index (χ1n) is 11.9. The molecule has 2 aromatic rings. The van der Waals surface area contributed by atoms with E-state index in [1.807, 2.05) is 14.1 Å². The molecule has 2 amide bonds. The van der Waals surface area contributed by atoms with Gasteiger partial charge in [0, 0.05) is 64.5 Å². The summed E-state index contributed by atoms with van der Waals surface area (Å²) < 4.78 is 13.0. The molecule has 0 radical (unpaired) electrons. The summed E-state index contributed by atoms with van der Waals surface area (Å²) in [6.07, 6.45) is 1.85. The molecule has 0 spiro atoms. The number of piperazine rings is 1. The second-order valence-corrected chi connectivity index (χ2v) is 9.43. The summed E-state index contributed by atoms with van der Waals surface area (Å²) in [5.74, 6) is -0.242. The number of benzene rings is 2. The third kappa shape index (κ3) is 6.12. The van der Waals surface area contributed by atoms with E-state index in [9.17, 15) is 14.0 Å². The van der Waals surface area contributed by atoms with Crippen LogP contribution in [0.1, 0.15) is 30.4 Å². The van der Waals surface area contributed by atoms with Gasteiger partial charge >= 0.3 is 0 Å². The molecule has 0 saturated carbocycles. The molecule has 7 nitrogen and oxygen atoms in total. The Morgan fingerprint density at radius 3 is 2.47 bits per heavy atom. The zero-order chi connectivity index (χ0) is 24.1.